The van der Waals surface area contributed by atoms with Crippen molar-refractivity contribution in [2.45, 2.75) is 13.0 Å². The average Bonchev–Trinajstić information content (AvgIpc) is 2.80. The first kappa shape index (κ1) is 13.1. The van der Waals surface area contributed by atoms with E-state index in [1.54, 1.807) is 16.8 Å². The molecule has 0 radical (unpaired) electrons. The predicted octanol–water partition coefficient (Wildman–Crippen LogP) is 3.80. The van der Waals surface area contributed by atoms with Crippen LogP contribution in [0.3, 0.4) is 0 Å². The Morgan fingerprint density at radius 3 is 2.95 bits per heavy atom. The molecule has 0 bridgehead atoms. The van der Waals surface area contributed by atoms with Crippen molar-refractivity contribution in [3.8, 4) is 0 Å². The van der Waals surface area contributed by atoms with Crippen LogP contribution in [0, 0.1) is 5.82 Å². The highest BCUT2D eigenvalue weighted by molar-refractivity contribution is 9.10. The number of fused-ring (bicyclic) bond motifs is 1. The number of imidazole rings is 1. The highest BCUT2D eigenvalue weighted by Gasteiger charge is 2.08. The summed E-state index contributed by atoms with van der Waals surface area (Å²) in [6.07, 6.45) is 1.70. The lowest BCUT2D eigenvalue weighted by Crippen LogP contribution is -2.09. The zero-order valence-corrected chi connectivity index (χ0v) is 12.3. The Hall–Kier alpha value is -1.95. The number of hydrogen-bond donors (Lipinski definition) is 1. The minimum Gasteiger partial charge on any atom is -0.362 e. The fourth-order valence-corrected chi connectivity index (χ4v) is 2.37. The minimum atomic E-state index is -0.239. The van der Waals surface area contributed by atoms with Crippen molar-refractivity contribution in [1.82, 2.24) is 14.6 Å². The summed E-state index contributed by atoms with van der Waals surface area (Å²) in [6.45, 7) is 1.96. The molecule has 1 N–H and O–H groups in total. The van der Waals surface area contributed by atoms with Gasteiger partial charge in [-0.1, -0.05) is 12.1 Å². The van der Waals surface area contributed by atoms with Gasteiger partial charge in [0.2, 0.25) is 0 Å². The summed E-state index contributed by atoms with van der Waals surface area (Å²) in [5.74, 6) is 0.463. The van der Waals surface area contributed by atoms with Crippen LogP contribution in [0.1, 0.15) is 18.5 Å². The molecule has 2 aromatic heterocycles. The molecule has 1 aromatic carbocycles. The highest BCUT2D eigenvalue weighted by Crippen LogP contribution is 2.20. The van der Waals surface area contributed by atoms with Crippen LogP contribution in [0.2, 0.25) is 0 Å². The number of nitrogens with zero attached hydrogens (tertiary/aromatic N) is 3. The summed E-state index contributed by atoms with van der Waals surface area (Å²) >= 11 is 3.38. The van der Waals surface area contributed by atoms with E-state index < -0.39 is 0 Å². The zero-order chi connectivity index (χ0) is 14.1. The van der Waals surface area contributed by atoms with Crippen molar-refractivity contribution >= 4 is 27.4 Å². The first-order valence-electron chi connectivity index (χ1n) is 6.16. The fraction of sp³-hybridized carbons (Fsp3) is 0.143. The Bertz CT molecular complexity index is 756. The Kier molecular flexibility index (Phi) is 3.40. The Morgan fingerprint density at radius 2 is 2.15 bits per heavy atom. The van der Waals surface area contributed by atoms with Crippen LogP contribution in [-0.4, -0.2) is 14.6 Å². The van der Waals surface area contributed by atoms with Crippen LogP contribution in [-0.2, 0) is 0 Å². The summed E-state index contributed by atoms with van der Waals surface area (Å²) in [6, 6.07) is 10.2. The molecule has 0 amide bonds. The summed E-state index contributed by atoms with van der Waals surface area (Å²) < 4.78 is 15.7. The second-order valence-electron chi connectivity index (χ2n) is 4.49. The maximum absolute atomic E-state index is 13.2. The third kappa shape index (κ3) is 2.51. The third-order valence-corrected chi connectivity index (χ3v) is 3.57. The molecule has 0 saturated heterocycles. The molecule has 0 aliphatic carbocycles. The van der Waals surface area contributed by atoms with Crippen molar-refractivity contribution in [2.24, 2.45) is 0 Å². The topological polar surface area (TPSA) is 42.2 Å². The lowest BCUT2D eigenvalue weighted by molar-refractivity contribution is 0.623. The molecule has 102 valence electrons. The van der Waals surface area contributed by atoms with E-state index in [1.165, 1.54) is 12.1 Å². The van der Waals surface area contributed by atoms with Crippen molar-refractivity contribution in [3.63, 3.8) is 0 Å². The van der Waals surface area contributed by atoms with Gasteiger partial charge in [0.25, 0.3) is 0 Å². The van der Waals surface area contributed by atoms with Crippen molar-refractivity contribution in [2.75, 3.05) is 5.32 Å². The van der Waals surface area contributed by atoms with Crippen LogP contribution in [0.4, 0.5) is 10.2 Å². The largest absolute Gasteiger partial charge is 0.362 e. The van der Waals surface area contributed by atoms with Gasteiger partial charge in [-0.3, -0.25) is 0 Å². The van der Waals surface area contributed by atoms with Crippen LogP contribution in [0.5, 0.6) is 0 Å². The normalized spacial score (nSPS) is 12.6. The van der Waals surface area contributed by atoms with E-state index in [9.17, 15) is 4.39 Å². The van der Waals surface area contributed by atoms with Crippen LogP contribution in [0.25, 0.3) is 5.65 Å². The molecule has 2 heterocycles. The standard InChI is InChI=1S/C14H12BrFN4/c1-9(10-3-2-4-11(16)7-10)18-13-5-6-14-17-8-12(15)20(14)19-13/h2-9H,1H3,(H,18,19). The molecule has 3 rings (SSSR count). The van der Waals surface area contributed by atoms with Gasteiger partial charge in [0, 0.05) is 0 Å². The highest BCUT2D eigenvalue weighted by atomic mass is 79.9. The third-order valence-electron chi connectivity index (χ3n) is 3.03. The first-order valence-corrected chi connectivity index (χ1v) is 6.95. The van der Waals surface area contributed by atoms with Crippen LogP contribution >= 0.6 is 15.9 Å². The zero-order valence-electron chi connectivity index (χ0n) is 10.7. The van der Waals surface area contributed by atoms with E-state index in [1.807, 2.05) is 25.1 Å². The molecule has 0 spiro atoms. The molecule has 1 unspecified atom stereocenters. The molecular weight excluding hydrogens is 323 g/mol. The Labute approximate surface area is 123 Å². The van der Waals surface area contributed by atoms with Gasteiger partial charge >= 0.3 is 0 Å². The number of halogens is 2. The molecule has 6 heteroatoms. The molecule has 4 nitrogen and oxygen atoms in total. The van der Waals surface area contributed by atoms with Gasteiger partial charge in [0.05, 0.1) is 12.2 Å². The van der Waals surface area contributed by atoms with Crippen molar-refractivity contribution in [1.29, 1.82) is 0 Å². The van der Waals surface area contributed by atoms with Gasteiger partial charge in [-0.05, 0) is 52.7 Å². The molecule has 0 aliphatic rings. The number of aromatic nitrogens is 3. The quantitative estimate of drug-likeness (QED) is 0.792. The number of rotatable bonds is 3. The van der Waals surface area contributed by atoms with E-state index in [4.69, 9.17) is 0 Å². The first-order chi connectivity index (χ1) is 9.63. The van der Waals surface area contributed by atoms with Gasteiger partial charge in [-0.15, -0.1) is 5.10 Å². The monoisotopic (exact) mass is 334 g/mol. The van der Waals surface area contributed by atoms with E-state index in [-0.39, 0.29) is 11.9 Å². The van der Waals surface area contributed by atoms with Gasteiger partial charge < -0.3 is 5.32 Å². The molecule has 3 aromatic rings. The Balaban J connectivity index is 1.86. The maximum Gasteiger partial charge on any atom is 0.154 e. The average molecular weight is 335 g/mol. The molecule has 0 saturated carbocycles. The van der Waals surface area contributed by atoms with Gasteiger partial charge in [0.1, 0.15) is 16.2 Å². The van der Waals surface area contributed by atoms with Crippen molar-refractivity contribution in [3.05, 3.63) is 58.6 Å². The number of anilines is 1. The molecule has 0 fully saturated rings. The van der Waals surface area contributed by atoms with E-state index in [0.29, 0.717) is 5.82 Å². The fourth-order valence-electron chi connectivity index (χ4n) is 2.00. The Morgan fingerprint density at radius 1 is 1.30 bits per heavy atom. The summed E-state index contributed by atoms with van der Waals surface area (Å²) in [5, 5.41) is 7.67. The summed E-state index contributed by atoms with van der Waals surface area (Å²) in [4.78, 5) is 4.18. The smallest absolute Gasteiger partial charge is 0.154 e. The minimum absolute atomic E-state index is 0.0436. The van der Waals surface area contributed by atoms with Crippen LogP contribution < -0.4 is 5.32 Å². The van der Waals surface area contributed by atoms with Gasteiger partial charge in [-0.2, -0.15) is 0 Å². The SMILES string of the molecule is CC(Nc1ccc2ncc(Br)n2n1)c1cccc(F)c1. The van der Waals surface area contributed by atoms with E-state index in [2.05, 4.69) is 31.3 Å². The second kappa shape index (κ2) is 5.20. The van der Waals surface area contributed by atoms with E-state index >= 15 is 0 Å². The molecule has 20 heavy (non-hydrogen) atoms. The lowest BCUT2D eigenvalue weighted by atomic mass is 10.1. The molecule has 0 aliphatic heterocycles. The molecule has 1 atom stereocenters. The lowest BCUT2D eigenvalue weighted by Gasteiger charge is -2.15. The van der Waals surface area contributed by atoms with Crippen LogP contribution in [0.15, 0.2) is 47.2 Å². The number of nitrogens with one attached hydrogen (secondary N) is 1. The van der Waals surface area contributed by atoms with Gasteiger partial charge in [-0.25, -0.2) is 13.9 Å². The predicted molar refractivity (Wildman–Crippen MR) is 79.1 cm³/mol. The number of benzene rings is 1. The maximum atomic E-state index is 13.2. The second-order valence-corrected chi connectivity index (χ2v) is 5.30. The van der Waals surface area contributed by atoms with Crippen molar-refractivity contribution < 1.29 is 4.39 Å². The van der Waals surface area contributed by atoms with Gasteiger partial charge in [0.15, 0.2) is 5.65 Å². The summed E-state index contributed by atoms with van der Waals surface area (Å²) in [7, 11) is 0. The molecular formula is C14H12BrFN4. The number of hydrogen-bond acceptors (Lipinski definition) is 3. The van der Waals surface area contributed by atoms with E-state index in [0.717, 1.165) is 15.8 Å². The summed E-state index contributed by atoms with van der Waals surface area (Å²) in [5.41, 5.74) is 1.64.